The Balaban J connectivity index is 1.67. The summed E-state index contributed by atoms with van der Waals surface area (Å²) in [5.74, 6) is -0.747. The van der Waals surface area contributed by atoms with Gasteiger partial charge < -0.3 is 4.74 Å². The first kappa shape index (κ1) is 21.2. The molecule has 1 fully saturated rings. The Morgan fingerprint density at radius 2 is 1.61 bits per heavy atom. The maximum absolute atomic E-state index is 12.9. The summed E-state index contributed by atoms with van der Waals surface area (Å²) < 4.78 is 5.91. The summed E-state index contributed by atoms with van der Waals surface area (Å²) in [7, 11) is 0. The number of hydrazine groups is 1. The van der Waals surface area contributed by atoms with E-state index >= 15 is 0 Å². The second-order valence-corrected chi connectivity index (χ2v) is 7.91. The lowest BCUT2D eigenvalue weighted by molar-refractivity contribution is -0.117. The van der Waals surface area contributed by atoms with Crippen molar-refractivity contribution in [2.24, 2.45) is 0 Å². The second-order valence-electron chi connectivity index (χ2n) is 6.66. The number of para-hydroxylation sites is 1. The summed E-state index contributed by atoms with van der Waals surface area (Å²) in [4.78, 5) is 25.4. The largest absolute Gasteiger partial charge is 0.487 e. The zero-order valence-corrected chi connectivity index (χ0v) is 18.2. The minimum atomic E-state index is -0.540. The number of rotatable bonds is 5. The molecule has 0 radical (unpaired) electrons. The van der Waals surface area contributed by atoms with Crippen LogP contribution >= 0.6 is 34.8 Å². The first-order valence-electron chi connectivity index (χ1n) is 9.21. The van der Waals surface area contributed by atoms with Crippen molar-refractivity contribution < 1.29 is 14.3 Å². The molecule has 3 aromatic carbocycles. The van der Waals surface area contributed by atoms with Crippen molar-refractivity contribution in [1.82, 2.24) is 5.43 Å². The van der Waals surface area contributed by atoms with E-state index in [2.05, 4.69) is 5.43 Å². The van der Waals surface area contributed by atoms with Crippen LogP contribution in [0.2, 0.25) is 15.1 Å². The van der Waals surface area contributed by atoms with Gasteiger partial charge in [-0.2, -0.15) is 0 Å². The molecule has 0 aliphatic carbocycles. The molecule has 0 atom stereocenters. The number of amides is 2. The number of hydrogen-bond acceptors (Lipinski definition) is 3. The number of benzene rings is 3. The topological polar surface area (TPSA) is 58.6 Å². The fraction of sp³-hybridized carbons (Fsp3) is 0.0435. The van der Waals surface area contributed by atoms with Crippen molar-refractivity contribution in [3.63, 3.8) is 0 Å². The maximum atomic E-state index is 12.9. The molecule has 3 aromatic rings. The van der Waals surface area contributed by atoms with Gasteiger partial charge in [-0.1, -0.05) is 71.2 Å². The molecule has 0 bridgehead atoms. The number of halogens is 3. The van der Waals surface area contributed by atoms with E-state index in [0.717, 1.165) is 5.56 Å². The molecular formula is C23H15Cl3N2O3. The van der Waals surface area contributed by atoms with Crippen LogP contribution in [0.3, 0.4) is 0 Å². The number of hydrogen-bond donors (Lipinski definition) is 1. The van der Waals surface area contributed by atoms with E-state index in [9.17, 15) is 9.59 Å². The van der Waals surface area contributed by atoms with Gasteiger partial charge in [0, 0.05) is 21.2 Å². The van der Waals surface area contributed by atoms with Gasteiger partial charge in [-0.3, -0.25) is 15.0 Å². The van der Waals surface area contributed by atoms with Crippen LogP contribution in [0.25, 0.3) is 6.08 Å². The molecule has 0 unspecified atom stereocenters. The summed E-state index contributed by atoms with van der Waals surface area (Å²) in [6.45, 7) is 0.146. The molecule has 0 spiro atoms. The van der Waals surface area contributed by atoms with Crippen LogP contribution < -0.4 is 15.2 Å². The van der Waals surface area contributed by atoms with Gasteiger partial charge in [0.05, 0.1) is 10.7 Å². The van der Waals surface area contributed by atoms with E-state index in [1.807, 2.05) is 24.3 Å². The Kier molecular flexibility index (Phi) is 6.18. The maximum Gasteiger partial charge on any atom is 0.282 e. The molecule has 1 N–H and O–H groups in total. The predicted octanol–water partition coefficient (Wildman–Crippen LogP) is 5.69. The van der Waals surface area contributed by atoms with Crippen molar-refractivity contribution in [2.45, 2.75) is 6.61 Å². The molecule has 0 saturated carbocycles. The molecule has 1 saturated heterocycles. The fourth-order valence-corrected chi connectivity index (χ4v) is 3.83. The zero-order valence-electron chi connectivity index (χ0n) is 15.9. The Labute approximate surface area is 193 Å². The molecule has 0 aromatic heterocycles. The summed E-state index contributed by atoms with van der Waals surface area (Å²) in [5, 5.41) is 2.33. The molecule has 1 aliphatic rings. The van der Waals surface area contributed by atoms with E-state index in [1.54, 1.807) is 36.4 Å². The first-order valence-corrected chi connectivity index (χ1v) is 10.3. The normalized spacial score (nSPS) is 14.8. The van der Waals surface area contributed by atoms with Crippen LogP contribution in [-0.2, 0) is 16.2 Å². The number of carbonyl (C=O) groups excluding carboxylic acids is 2. The average molecular weight is 474 g/mol. The summed E-state index contributed by atoms with van der Waals surface area (Å²) >= 11 is 18.7. The van der Waals surface area contributed by atoms with Crippen LogP contribution in [0, 0.1) is 0 Å². The van der Waals surface area contributed by atoms with Gasteiger partial charge in [-0.05, 0) is 36.4 Å². The van der Waals surface area contributed by atoms with E-state index in [-0.39, 0.29) is 23.0 Å². The summed E-state index contributed by atoms with van der Waals surface area (Å²) in [6.07, 6.45) is 1.42. The van der Waals surface area contributed by atoms with Crippen molar-refractivity contribution in [3.05, 3.63) is 98.5 Å². The molecule has 1 heterocycles. The van der Waals surface area contributed by atoms with Crippen molar-refractivity contribution in [3.8, 4) is 5.75 Å². The first-order chi connectivity index (χ1) is 14.9. The molecule has 31 heavy (non-hydrogen) atoms. The molecule has 1 aliphatic heterocycles. The van der Waals surface area contributed by atoms with Gasteiger partial charge >= 0.3 is 0 Å². The van der Waals surface area contributed by atoms with Gasteiger partial charge in [0.25, 0.3) is 11.8 Å². The monoisotopic (exact) mass is 472 g/mol. The average Bonchev–Trinajstić information content (AvgIpc) is 3.03. The highest BCUT2D eigenvalue weighted by Gasteiger charge is 2.34. The Morgan fingerprint density at radius 1 is 0.903 bits per heavy atom. The zero-order chi connectivity index (χ0) is 22.0. The molecule has 156 valence electrons. The minimum Gasteiger partial charge on any atom is -0.487 e. The highest BCUT2D eigenvalue weighted by atomic mass is 35.5. The number of carbonyl (C=O) groups is 2. The molecule has 4 rings (SSSR count). The van der Waals surface area contributed by atoms with E-state index in [1.165, 1.54) is 17.2 Å². The van der Waals surface area contributed by atoms with Gasteiger partial charge in [-0.25, -0.2) is 5.01 Å². The third kappa shape index (κ3) is 4.54. The van der Waals surface area contributed by atoms with E-state index in [4.69, 9.17) is 39.5 Å². The third-order valence-electron chi connectivity index (χ3n) is 4.57. The number of nitrogens with one attached hydrogen (secondary N) is 1. The second kappa shape index (κ2) is 9.02. The van der Waals surface area contributed by atoms with Gasteiger partial charge in [-0.15, -0.1) is 0 Å². The summed E-state index contributed by atoms with van der Waals surface area (Å²) in [6, 6.07) is 19.2. The molecular weight excluding hydrogens is 459 g/mol. The number of anilines is 1. The van der Waals surface area contributed by atoms with Crippen LogP contribution in [0.4, 0.5) is 5.69 Å². The van der Waals surface area contributed by atoms with Crippen LogP contribution in [0.15, 0.2) is 72.3 Å². The van der Waals surface area contributed by atoms with Gasteiger partial charge in [0.1, 0.15) is 17.9 Å². The molecule has 8 heteroatoms. The molecule has 5 nitrogen and oxygen atoms in total. The number of ether oxygens (including phenoxy) is 1. The van der Waals surface area contributed by atoms with E-state index < -0.39 is 11.8 Å². The minimum absolute atomic E-state index is 0.0650. The molecule has 2 amide bonds. The standard InChI is InChI=1S/C23H15Cl3N2O3/c24-16-10-15(21(20(26)12-16)31-13-14-6-4-5-9-19(14)25)11-18-22(29)27-28(23(18)30)17-7-2-1-3-8-17/h1-12H,13H2,(H,27,29)/b18-11-. The Hall–Kier alpha value is -2.99. The Morgan fingerprint density at radius 3 is 2.35 bits per heavy atom. The smallest absolute Gasteiger partial charge is 0.282 e. The van der Waals surface area contributed by atoms with Crippen molar-refractivity contribution >= 4 is 58.4 Å². The predicted molar refractivity (Wildman–Crippen MR) is 122 cm³/mol. The van der Waals surface area contributed by atoms with Crippen LogP contribution in [0.1, 0.15) is 11.1 Å². The lowest BCUT2D eigenvalue weighted by atomic mass is 10.1. The van der Waals surface area contributed by atoms with Gasteiger partial charge in [0.2, 0.25) is 0 Å². The van der Waals surface area contributed by atoms with Gasteiger partial charge in [0.15, 0.2) is 0 Å². The lowest BCUT2D eigenvalue weighted by Gasteiger charge is -2.14. The van der Waals surface area contributed by atoms with Crippen molar-refractivity contribution in [2.75, 3.05) is 5.01 Å². The van der Waals surface area contributed by atoms with Crippen LogP contribution in [0.5, 0.6) is 5.75 Å². The van der Waals surface area contributed by atoms with E-state index in [0.29, 0.717) is 21.3 Å². The van der Waals surface area contributed by atoms with Crippen molar-refractivity contribution in [1.29, 1.82) is 0 Å². The SMILES string of the molecule is O=C1NN(c2ccccc2)C(=O)/C1=C\c1cc(Cl)cc(Cl)c1OCc1ccccc1Cl. The van der Waals surface area contributed by atoms with Crippen LogP contribution in [-0.4, -0.2) is 11.8 Å². The fourth-order valence-electron chi connectivity index (χ4n) is 3.08. The lowest BCUT2D eigenvalue weighted by Crippen LogP contribution is -2.35. The summed E-state index contributed by atoms with van der Waals surface area (Å²) in [5.41, 5.74) is 4.20. The highest BCUT2D eigenvalue weighted by Crippen LogP contribution is 2.35. The third-order valence-corrected chi connectivity index (χ3v) is 5.44. The highest BCUT2D eigenvalue weighted by molar-refractivity contribution is 6.36. The quantitative estimate of drug-likeness (QED) is 0.383. The Bertz CT molecular complexity index is 1200. The number of nitrogens with zero attached hydrogens (tertiary/aromatic N) is 1.